The van der Waals surface area contributed by atoms with E-state index in [-0.39, 0.29) is 17.0 Å². The van der Waals surface area contributed by atoms with Crippen LogP contribution in [-0.2, 0) is 10.2 Å². The molecule has 0 fully saturated rings. The SMILES string of the molecule is CC(=O)Nc1ccc(-c2oc(-c3ccc(C(C)(C)C)cc3)nc2C(=O)Nc2nccs2)cc1. The summed E-state index contributed by atoms with van der Waals surface area (Å²) < 4.78 is 6.10. The summed E-state index contributed by atoms with van der Waals surface area (Å²) >= 11 is 1.32. The van der Waals surface area contributed by atoms with Crippen LogP contribution in [-0.4, -0.2) is 21.8 Å². The number of hydrogen-bond donors (Lipinski definition) is 2. The lowest BCUT2D eigenvalue weighted by molar-refractivity contribution is -0.114. The fraction of sp³-hybridized carbons (Fsp3) is 0.200. The van der Waals surface area contributed by atoms with Gasteiger partial charge in [0.1, 0.15) is 0 Å². The van der Waals surface area contributed by atoms with E-state index in [0.717, 1.165) is 5.56 Å². The Hall–Kier alpha value is -3.78. The predicted molar refractivity (Wildman–Crippen MR) is 130 cm³/mol. The van der Waals surface area contributed by atoms with Gasteiger partial charge in [-0.15, -0.1) is 11.3 Å². The maximum Gasteiger partial charge on any atom is 0.280 e. The van der Waals surface area contributed by atoms with Crippen molar-refractivity contribution in [3.63, 3.8) is 0 Å². The van der Waals surface area contributed by atoms with Crippen LogP contribution in [0.3, 0.4) is 0 Å². The van der Waals surface area contributed by atoms with Crippen molar-refractivity contribution >= 4 is 34.0 Å². The largest absolute Gasteiger partial charge is 0.435 e. The number of oxazole rings is 1. The fourth-order valence-corrected chi connectivity index (χ4v) is 3.78. The second kappa shape index (κ2) is 8.99. The van der Waals surface area contributed by atoms with Gasteiger partial charge in [0.25, 0.3) is 5.91 Å². The first-order chi connectivity index (χ1) is 15.7. The highest BCUT2D eigenvalue weighted by molar-refractivity contribution is 7.13. The third-order valence-corrected chi connectivity index (χ3v) is 5.65. The zero-order valence-electron chi connectivity index (χ0n) is 18.8. The molecule has 168 valence electrons. The van der Waals surface area contributed by atoms with Gasteiger partial charge in [0, 0.05) is 35.3 Å². The normalized spacial score (nSPS) is 11.3. The Bertz CT molecular complexity index is 1270. The molecule has 33 heavy (non-hydrogen) atoms. The summed E-state index contributed by atoms with van der Waals surface area (Å²) in [7, 11) is 0. The van der Waals surface area contributed by atoms with E-state index in [1.54, 1.807) is 35.8 Å². The number of nitrogens with one attached hydrogen (secondary N) is 2. The molecule has 0 bridgehead atoms. The Morgan fingerprint density at radius 3 is 2.18 bits per heavy atom. The molecule has 0 saturated heterocycles. The number of carbonyl (C=O) groups excluding carboxylic acids is 2. The highest BCUT2D eigenvalue weighted by atomic mass is 32.1. The average Bonchev–Trinajstić information content (AvgIpc) is 3.43. The third kappa shape index (κ3) is 5.18. The first-order valence-electron chi connectivity index (χ1n) is 10.4. The highest BCUT2D eigenvalue weighted by Gasteiger charge is 2.23. The van der Waals surface area contributed by atoms with Crippen molar-refractivity contribution in [2.45, 2.75) is 33.1 Å². The van der Waals surface area contributed by atoms with E-state index in [4.69, 9.17) is 4.42 Å². The molecule has 2 aromatic heterocycles. The first kappa shape index (κ1) is 22.4. The van der Waals surface area contributed by atoms with Gasteiger partial charge in [0.2, 0.25) is 11.8 Å². The second-order valence-electron chi connectivity index (χ2n) is 8.57. The number of benzene rings is 2. The molecule has 0 radical (unpaired) electrons. The minimum atomic E-state index is -0.410. The molecule has 2 N–H and O–H groups in total. The number of rotatable bonds is 5. The van der Waals surface area contributed by atoms with Gasteiger partial charge in [-0.3, -0.25) is 14.9 Å². The molecule has 7 nitrogen and oxygen atoms in total. The van der Waals surface area contributed by atoms with E-state index in [1.807, 2.05) is 24.3 Å². The number of nitrogens with zero attached hydrogens (tertiary/aromatic N) is 2. The molecule has 8 heteroatoms. The van der Waals surface area contributed by atoms with Crippen LogP contribution in [0.15, 0.2) is 64.5 Å². The van der Waals surface area contributed by atoms with Crippen LogP contribution in [0.1, 0.15) is 43.7 Å². The summed E-state index contributed by atoms with van der Waals surface area (Å²) in [6.07, 6.45) is 1.62. The Labute approximate surface area is 195 Å². The molecule has 0 unspecified atom stereocenters. The summed E-state index contributed by atoms with van der Waals surface area (Å²) in [4.78, 5) is 33.0. The van der Waals surface area contributed by atoms with Gasteiger partial charge in [-0.1, -0.05) is 32.9 Å². The molecule has 4 aromatic rings. The molecule has 0 atom stereocenters. The third-order valence-electron chi connectivity index (χ3n) is 4.96. The predicted octanol–water partition coefficient (Wildman–Crippen LogP) is 5.97. The van der Waals surface area contributed by atoms with Crippen molar-refractivity contribution in [3.05, 3.63) is 71.4 Å². The Kier molecular flexibility index (Phi) is 6.11. The molecule has 0 spiro atoms. The van der Waals surface area contributed by atoms with Gasteiger partial charge >= 0.3 is 0 Å². The van der Waals surface area contributed by atoms with Crippen molar-refractivity contribution in [3.8, 4) is 22.8 Å². The van der Waals surface area contributed by atoms with Crippen molar-refractivity contribution in [1.29, 1.82) is 0 Å². The molecule has 0 aliphatic rings. The van der Waals surface area contributed by atoms with Crippen LogP contribution in [0.5, 0.6) is 0 Å². The van der Waals surface area contributed by atoms with E-state index in [1.165, 1.54) is 23.8 Å². The van der Waals surface area contributed by atoms with Crippen molar-refractivity contribution in [2.75, 3.05) is 10.6 Å². The maximum atomic E-state index is 13.0. The smallest absolute Gasteiger partial charge is 0.280 e. The van der Waals surface area contributed by atoms with Gasteiger partial charge in [-0.25, -0.2) is 9.97 Å². The molecule has 4 rings (SSSR count). The Morgan fingerprint density at radius 1 is 0.939 bits per heavy atom. The molecule has 0 aliphatic carbocycles. The maximum absolute atomic E-state index is 13.0. The van der Waals surface area contributed by atoms with E-state index in [9.17, 15) is 9.59 Å². The standard InChI is InChI=1S/C25H24N4O3S/c1-15(30)27-19-11-7-16(8-12-19)21-20(22(31)29-24-26-13-14-33-24)28-23(32-21)17-5-9-18(10-6-17)25(2,3)4/h5-14H,1-4H3,(H,27,30)(H,26,29,31). The zero-order valence-corrected chi connectivity index (χ0v) is 19.6. The van der Waals surface area contributed by atoms with E-state index in [0.29, 0.717) is 28.0 Å². The Morgan fingerprint density at radius 2 is 1.61 bits per heavy atom. The van der Waals surface area contributed by atoms with Gasteiger partial charge in [0.05, 0.1) is 0 Å². The minimum absolute atomic E-state index is 0.0225. The summed E-state index contributed by atoms with van der Waals surface area (Å²) in [5.74, 6) is 0.119. The van der Waals surface area contributed by atoms with Crippen LogP contribution in [0.4, 0.5) is 10.8 Å². The second-order valence-corrected chi connectivity index (χ2v) is 9.47. The lowest BCUT2D eigenvalue weighted by Crippen LogP contribution is -2.13. The summed E-state index contributed by atoms with van der Waals surface area (Å²) in [6, 6.07) is 15.0. The summed E-state index contributed by atoms with van der Waals surface area (Å²) in [5.41, 5.74) is 3.46. The fourth-order valence-electron chi connectivity index (χ4n) is 3.26. The van der Waals surface area contributed by atoms with Crippen LogP contribution in [0.2, 0.25) is 0 Å². The Balaban J connectivity index is 1.73. The van der Waals surface area contributed by atoms with Gasteiger partial charge in [0.15, 0.2) is 16.6 Å². The highest BCUT2D eigenvalue weighted by Crippen LogP contribution is 2.32. The van der Waals surface area contributed by atoms with E-state index in [2.05, 4.69) is 41.4 Å². The molecule has 2 amide bonds. The topological polar surface area (TPSA) is 97.1 Å². The lowest BCUT2D eigenvalue weighted by atomic mass is 9.87. The summed E-state index contributed by atoms with van der Waals surface area (Å²) in [6.45, 7) is 7.90. The van der Waals surface area contributed by atoms with Crippen LogP contribution in [0, 0.1) is 0 Å². The summed E-state index contributed by atoms with van der Waals surface area (Å²) in [5, 5.41) is 7.75. The average molecular weight is 461 g/mol. The number of aromatic nitrogens is 2. The van der Waals surface area contributed by atoms with Crippen LogP contribution < -0.4 is 10.6 Å². The lowest BCUT2D eigenvalue weighted by Gasteiger charge is -2.18. The quantitative estimate of drug-likeness (QED) is 0.382. The zero-order chi connectivity index (χ0) is 23.6. The molecule has 2 heterocycles. The number of hydrogen-bond acceptors (Lipinski definition) is 6. The van der Waals surface area contributed by atoms with Gasteiger partial charge < -0.3 is 9.73 Å². The van der Waals surface area contributed by atoms with E-state index < -0.39 is 5.91 Å². The first-order valence-corrected chi connectivity index (χ1v) is 11.3. The van der Waals surface area contributed by atoms with E-state index >= 15 is 0 Å². The monoisotopic (exact) mass is 460 g/mol. The molecule has 2 aromatic carbocycles. The van der Waals surface area contributed by atoms with Crippen LogP contribution in [0.25, 0.3) is 22.8 Å². The molecular weight excluding hydrogens is 436 g/mol. The minimum Gasteiger partial charge on any atom is -0.435 e. The number of amides is 2. The molecule has 0 aliphatic heterocycles. The number of thiazole rings is 1. The molecule has 0 saturated carbocycles. The van der Waals surface area contributed by atoms with Crippen molar-refractivity contribution in [2.24, 2.45) is 0 Å². The number of anilines is 2. The van der Waals surface area contributed by atoms with Crippen molar-refractivity contribution in [1.82, 2.24) is 9.97 Å². The van der Waals surface area contributed by atoms with Gasteiger partial charge in [-0.2, -0.15) is 0 Å². The number of carbonyl (C=O) groups is 2. The van der Waals surface area contributed by atoms with Crippen LogP contribution >= 0.6 is 11.3 Å². The van der Waals surface area contributed by atoms with Crippen molar-refractivity contribution < 1.29 is 14.0 Å². The van der Waals surface area contributed by atoms with Gasteiger partial charge in [-0.05, 0) is 47.4 Å². The molecular formula is C25H24N4O3S.